The molecule has 11 aromatic rings. The van der Waals surface area contributed by atoms with E-state index in [-0.39, 0.29) is 0 Å². The lowest BCUT2D eigenvalue weighted by Gasteiger charge is -2.26. The number of benzene rings is 11. The van der Waals surface area contributed by atoms with Gasteiger partial charge in [0.25, 0.3) is 0 Å². The van der Waals surface area contributed by atoms with Crippen LogP contribution in [-0.4, -0.2) is 0 Å². The van der Waals surface area contributed by atoms with Crippen LogP contribution in [0.4, 0.5) is 17.1 Å². The van der Waals surface area contributed by atoms with Crippen molar-refractivity contribution < 1.29 is 0 Å². The molecule has 0 aliphatic heterocycles. The summed E-state index contributed by atoms with van der Waals surface area (Å²) in [6.45, 7) is 0. The van der Waals surface area contributed by atoms with Crippen LogP contribution < -0.4 is 4.90 Å². The Hall–Kier alpha value is -8.26. The van der Waals surface area contributed by atoms with E-state index in [2.05, 4.69) is 266 Å². The van der Waals surface area contributed by atoms with Crippen molar-refractivity contribution in [3.05, 3.63) is 261 Å². The van der Waals surface area contributed by atoms with Crippen molar-refractivity contribution in [2.45, 2.75) is 0 Å². The number of anilines is 3. The number of hydrogen-bond donors (Lipinski definition) is 0. The Morgan fingerprint density at radius 1 is 0.175 bits per heavy atom. The molecule has 11 rings (SSSR count). The molecule has 0 atom stereocenters. The summed E-state index contributed by atoms with van der Waals surface area (Å²) in [7, 11) is 0. The van der Waals surface area contributed by atoms with Gasteiger partial charge in [0.2, 0.25) is 0 Å². The minimum absolute atomic E-state index is 1.09. The molecule has 0 spiro atoms. The van der Waals surface area contributed by atoms with Crippen LogP contribution in [0.1, 0.15) is 0 Å². The summed E-state index contributed by atoms with van der Waals surface area (Å²) in [4.78, 5) is 2.37. The molecule has 0 bridgehead atoms. The topological polar surface area (TPSA) is 3.24 Å². The Morgan fingerprint density at radius 3 is 1.03 bits per heavy atom. The molecule has 0 aliphatic carbocycles. The maximum absolute atomic E-state index is 2.40. The van der Waals surface area contributed by atoms with E-state index in [1.165, 1.54) is 88.3 Å². The van der Waals surface area contributed by atoms with Gasteiger partial charge in [-0.05, 0) is 131 Å². The van der Waals surface area contributed by atoms with Crippen molar-refractivity contribution in [3.8, 4) is 66.8 Å². The summed E-state index contributed by atoms with van der Waals surface area (Å²) in [5, 5.41) is 5.02. The SMILES string of the molecule is c1ccc(-c2ccc(-c3ccc(N(c4ccc(-c5ccc6c(c5)c(-c5ccccc5)c(-c5ccccc5)c5ccccc56)cc4)c4cccc(-c5ccccc5)c4)cc3)cc2)cc1. The lowest BCUT2D eigenvalue weighted by atomic mass is 9.84. The van der Waals surface area contributed by atoms with E-state index in [9.17, 15) is 0 Å². The summed E-state index contributed by atoms with van der Waals surface area (Å²) in [5.41, 5.74) is 17.8. The van der Waals surface area contributed by atoms with Gasteiger partial charge in [0.15, 0.2) is 0 Å². The zero-order valence-electron chi connectivity index (χ0n) is 34.8. The predicted octanol–water partition coefficient (Wildman–Crippen LogP) is 17.5. The number of hydrogen-bond acceptors (Lipinski definition) is 1. The zero-order chi connectivity index (χ0) is 42.0. The van der Waals surface area contributed by atoms with Crippen LogP contribution in [0.3, 0.4) is 0 Å². The second-order valence-electron chi connectivity index (χ2n) is 16.1. The van der Waals surface area contributed by atoms with Crippen LogP contribution >= 0.6 is 0 Å². The Bertz CT molecular complexity index is 3320. The van der Waals surface area contributed by atoms with E-state index in [1.807, 2.05) is 0 Å². The van der Waals surface area contributed by atoms with Gasteiger partial charge in [0.1, 0.15) is 0 Å². The van der Waals surface area contributed by atoms with Crippen molar-refractivity contribution in [2.24, 2.45) is 0 Å². The summed E-state index contributed by atoms with van der Waals surface area (Å²) in [6, 6.07) is 94.5. The first-order valence-electron chi connectivity index (χ1n) is 21.7. The highest BCUT2D eigenvalue weighted by Crippen LogP contribution is 2.46. The maximum Gasteiger partial charge on any atom is 0.0467 e. The van der Waals surface area contributed by atoms with E-state index in [0.717, 1.165) is 17.1 Å². The third-order valence-corrected chi connectivity index (χ3v) is 12.3. The average molecular weight is 802 g/mol. The van der Waals surface area contributed by atoms with Crippen molar-refractivity contribution in [1.29, 1.82) is 0 Å². The summed E-state index contributed by atoms with van der Waals surface area (Å²) < 4.78 is 0. The first-order chi connectivity index (χ1) is 31.2. The highest BCUT2D eigenvalue weighted by atomic mass is 15.1. The van der Waals surface area contributed by atoms with Gasteiger partial charge in [-0.3, -0.25) is 0 Å². The van der Waals surface area contributed by atoms with Crippen molar-refractivity contribution >= 4 is 38.6 Å². The molecular weight excluding hydrogens is 759 g/mol. The van der Waals surface area contributed by atoms with Gasteiger partial charge >= 0.3 is 0 Å². The lowest BCUT2D eigenvalue weighted by Crippen LogP contribution is -2.10. The van der Waals surface area contributed by atoms with Crippen LogP contribution in [0.2, 0.25) is 0 Å². The molecule has 296 valence electrons. The smallest absolute Gasteiger partial charge is 0.0467 e. The standard InChI is InChI=1S/C62H43N/c1-5-16-44(17-6-1)46-28-30-47(31-29-46)48-32-37-54(38-33-48)63(56-25-15-24-52(42-56)45-18-7-2-8-19-45)55-39-34-49(35-40-55)53-36-41-58-57-26-13-14-27-59(57)61(50-20-9-3-10-21-50)62(60(58)43-53)51-22-11-4-12-23-51/h1-43H. The van der Waals surface area contributed by atoms with Gasteiger partial charge in [0.05, 0.1) is 0 Å². The molecule has 1 nitrogen and oxygen atoms in total. The van der Waals surface area contributed by atoms with E-state index in [0.29, 0.717) is 0 Å². The van der Waals surface area contributed by atoms with Gasteiger partial charge in [-0.15, -0.1) is 0 Å². The van der Waals surface area contributed by atoms with E-state index in [1.54, 1.807) is 0 Å². The fraction of sp³-hybridized carbons (Fsp3) is 0. The summed E-state index contributed by atoms with van der Waals surface area (Å²) in [5.74, 6) is 0. The Balaban J connectivity index is 1.00. The number of rotatable bonds is 9. The minimum Gasteiger partial charge on any atom is -0.310 e. The van der Waals surface area contributed by atoms with Gasteiger partial charge in [-0.25, -0.2) is 0 Å². The molecule has 0 fully saturated rings. The molecule has 0 aliphatic rings. The average Bonchev–Trinajstić information content (AvgIpc) is 3.37. The largest absolute Gasteiger partial charge is 0.310 e. The molecule has 11 aromatic carbocycles. The van der Waals surface area contributed by atoms with E-state index < -0.39 is 0 Å². The van der Waals surface area contributed by atoms with Gasteiger partial charge in [-0.2, -0.15) is 0 Å². The minimum atomic E-state index is 1.09. The fourth-order valence-electron chi connectivity index (χ4n) is 9.17. The molecule has 0 amide bonds. The van der Waals surface area contributed by atoms with Crippen LogP contribution in [0.25, 0.3) is 88.3 Å². The predicted molar refractivity (Wildman–Crippen MR) is 269 cm³/mol. The third-order valence-electron chi connectivity index (χ3n) is 12.3. The molecule has 1 heteroatoms. The Kier molecular flexibility index (Phi) is 9.97. The quantitative estimate of drug-likeness (QED) is 0.131. The van der Waals surface area contributed by atoms with Crippen LogP contribution in [-0.2, 0) is 0 Å². The molecule has 0 saturated heterocycles. The molecule has 0 radical (unpaired) electrons. The van der Waals surface area contributed by atoms with E-state index in [4.69, 9.17) is 0 Å². The molecule has 63 heavy (non-hydrogen) atoms. The van der Waals surface area contributed by atoms with E-state index >= 15 is 0 Å². The van der Waals surface area contributed by atoms with Crippen LogP contribution in [0.5, 0.6) is 0 Å². The lowest BCUT2D eigenvalue weighted by molar-refractivity contribution is 1.28. The van der Waals surface area contributed by atoms with Crippen molar-refractivity contribution in [1.82, 2.24) is 0 Å². The Labute approximate surface area is 369 Å². The van der Waals surface area contributed by atoms with Gasteiger partial charge in [0, 0.05) is 17.1 Å². The van der Waals surface area contributed by atoms with Crippen LogP contribution in [0.15, 0.2) is 261 Å². The molecular formula is C62H43N. The first kappa shape index (κ1) is 37.7. The molecule has 0 N–H and O–H groups in total. The van der Waals surface area contributed by atoms with Gasteiger partial charge < -0.3 is 4.90 Å². The summed E-state index contributed by atoms with van der Waals surface area (Å²) >= 11 is 0. The summed E-state index contributed by atoms with van der Waals surface area (Å²) in [6.07, 6.45) is 0. The van der Waals surface area contributed by atoms with Crippen LogP contribution in [0, 0.1) is 0 Å². The second kappa shape index (κ2) is 16.7. The monoisotopic (exact) mass is 801 g/mol. The Morgan fingerprint density at radius 2 is 0.508 bits per heavy atom. The van der Waals surface area contributed by atoms with Crippen molar-refractivity contribution in [2.75, 3.05) is 4.90 Å². The zero-order valence-corrected chi connectivity index (χ0v) is 34.8. The molecule has 0 aromatic heterocycles. The van der Waals surface area contributed by atoms with Gasteiger partial charge in [-0.1, -0.05) is 218 Å². The first-order valence-corrected chi connectivity index (χ1v) is 21.7. The fourth-order valence-corrected chi connectivity index (χ4v) is 9.17. The third kappa shape index (κ3) is 7.37. The molecule has 0 saturated carbocycles. The highest BCUT2D eigenvalue weighted by molar-refractivity contribution is 6.22. The maximum atomic E-state index is 2.40. The molecule has 0 heterocycles. The second-order valence-corrected chi connectivity index (χ2v) is 16.1. The number of fused-ring (bicyclic) bond motifs is 3. The highest BCUT2D eigenvalue weighted by Gasteiger charge is 2.19. The normalized spacial score (nSPS) is 11.2. The molecule has 0 unspecified atom stereocenters. The number of nitrogens with zero attached hydrogens (tertiary/aromatic N) is 1. The van der Waals surface area contributed by atoms with Crippen molar-refractivity contribution in [3.63, 3.8) is 0 Å².